The Kier molecular flexibility index (Phi) is 11.3. The Balaban J connectivity index is 1.92. The maximum Gasteiger partial charge on any atom is 0.264 e. The van der Waals surface area contributed by atoms with Crippen LogP contribution in [0.3, 0.4) is 0 Å². The SMILES string of the molecule is CC(C)(O)COc1nc(-c2ncccn2)nc(NS(=O)(=O)c2ccc(C(C(C)(C)C)(C(C)(C)C)C(C)(C)C)cc2)c1Oc1ccccc1OC(C)(C)C. The van der Waals surface area contributed by atoms with Gasteiger partial charge in [-0.15, -0.1) is 0 Å². The smallest absolute Gasteiger partial charge is 0.264 e. The zero-order valence-electron chi connectivity index (χ0n) is 33.7. The number of nitrogens with one attached hydrogen (secondary N) is 1. The fraction of sp³-hybridized carbons (Fsp3) is 0.512. The van der Waals surface area contributed by atoms with Crippen molar-refractivity contribution < 1.29 is 27.7 Å². The highest BCUT2D eigenvalue weighted by Gasteiger charge is 2.58. The molecule has 0 amide bonds. The summed E-state index contributed by atoms with van der Waals surface area (Å²) in [5.74, 6) is 0.234. The van der Waals surface area contributed by atoms with E-state index in [-0.39, 0.29) is 68.0 Å². The van der Waals surface area contributed by atoms with Crippen LogP contribution in [0, 0.1) is 16.2 Å². The van der Waals surface area contributed by atoms with Crippen LogP contribution in [-0.2, 0) is 15.4 Å². The van der Waals surface area contributed by atoms with Crippen molar-refractivity contribution in [1.82, 2.24) is 19.9 Å². The highest BCUT2D eigenvalue weighted by molar-refractivity contribution is 7.92. The van der Waals surface area contributed by atoms with Crippen LogP contribution < -0.4 is 18.9 Å². The minimum absolute atomic E-state index is 0.0179. The summed E-state index contributed by atoms with van der Waals surface area (Å²) >= 11 is 0. The summed E-state index contributed by atoms with van der Waals surface area (Å²) in [7, 11) is -4.29. The number of hydrogen-bond donors (Lipinski definition) is 2. The number of rotatable bonds is 11. The van der Waals surface area contributed by atoms with Gasteiger partial charge in [-0.05, 0) is 86.8 Å². The number of hydrogen-bond acceptors (Lipinski definition) is 10. The Morgan fingerprint density at radius 1 is 0.679 bits per heavy atom. The van der Waals surface area contributed by atoms with Gasteiger partial charge in [-0.1, -0.05) is 86.6 Å². The monoisotopic (exact) mass is 747 g/mol. The van der Waals surface area contributed by atoms with Crippen LogP contribution in [0.1, 0.15) is 102 Å². The predicted molar refractivity (Wildman–Crippen MR) is 209 cm³/mol. The molecule has 4 rings (SSSR count). The summed E-state index contributed by atoms with van der Waals surface area (Å²) in [4.78, 5) is 17.7. The fourth-order valence-corrected chi connectivity index (χ4v) is 9.26. The van der Waals surface area contributed by atoms with Crippen LogP contribution in [-0.4, -0.2) is 51.3 Å². The van der Waals surface area contributed by atoms with Gasteiger partial charge in [-0.2, -0.15) is 4.98 Å². The van der Waals surface area contributed by atoms with Gasteiger partial charge in [0.05, 0.1) is 10.5 Å². The maximum absolute atomic E-state index is 14.3. The van der Waals surface area contributed by atoms with E-state index in [0.717, 1.165) is 5.56 Å². The van der Waals surface area contributed by atoms with Crippen molar-refractivity contribution in [3.05, 3.63) is 72.6 Å². The molecule has 0 aliphatic rings. The average Bonchev–Trinajstić information content (AvgIpc) is 2.99. The predicted octanol–water partition coefficient (Wildman–Crippen LogP) is 9.23. The fourth-order valence-electron chi connectivity index (χ4n) is 8.25. The molecular weight excluding hydrogens is 691 g/mol. The molecule has 2 aromatic heterocycles. The molecule has 0 aliphatic heterocycles. The molecule has 0 saturated carbocycles. The average molecular weight is 748 g/mol. The van der Waals surface area contributed by atoms with E-state index in [9.17, 15) is 13.5 Å². The molecule has 11 nitrogen and oxygen atoms in total. The number of aliphatic hydroxyl groups is 1. The minimum Gasteiger partial charge on any atom is -0.484 e. The number of sulfonamides is 1. The number of aromatic nitrogens is 4. The zero-order valence-corrected chi connectivity index (χ0v) is 34.6. The summed E-state index contributed by atoms with van der Waals surface area (Å²) < 4.78 is 49.9. The lowest BCUT2D eigenvalue weighted by Crippen LogP contribution is -2.58. The van der Waals surface area contributed by atoms with E-state index in [0.29, 0.717) is 5.75 Å². The summed E-state index contributed by atoms with van der Waals surface area (Å²) in [5.41, 5.74) is -1.71. The lowest BCUT2D eigenvalue weighted by molar-refractivity contribution is -0.0443. The van der Waals surface area contributed by atoms with Gasteiger partial charge in [-0.25, -0.2) is 23.4 Å². The first-order valence-electron chi connectivity index (χ1n) is 17.8. The topological polar surface area (TPSA) is 146 Å². The molecule has 0 radical (unpaired) electrons. The van der Waals surface area contributed by atoms with Crippen LogP contribution in [0.2, 0.25) is 0 Å². The molecule has 2 heterocycles. The van der Waals surface area contributed by atoms with E-state index in [2.05, 4.69) is 87.0 Å². The van der Waals surface area contributed by atoms with Crippen LogP contribution in [0.5, 0.6) is 23.1 Å². The second-order valence-electron chi connectivity index (χ2n) is 18.1. The Morgan fingerprint density at radius 2 is 1.21 bits per heavy atom. The summed E-state index contributed by atoms with van der Waals surface area (Å²) in [6.45, 7) is 28.8. The van der Waals surface area contributed by atoms with Gasteiger partial charge in [-0.3, -0.25) is 4.72 Å². The Morgan fingerprint density at radius 3 is 1.70 bits per heavy atom. The van der Waals surface area contributed by atoms with Crippen molar-refractivity contribution in [3.8, 4) is 34.8 Å². The van der Waals surface area contributed by atoms with Gasteiger partial charge in [0, 0.05) is 17.8 Å². The van der Waals surface area contributed by atoms with Crippen molar-refractivity contribution in [2.45, 2.75) is 118 Å². The van der Waals surface area contributed by atoms with E-state index in [1.807, 2.05) is 32.9 Å². The lowest BCUT2D eigenvalue weighted by Gasteiger charge is -2.61. The van der Waals surface area contributed by atoms with Crippen LogP contribution in [0.25, 0.3) is 11.6 Å². The van der Waals surface area contributed by atoms with Crippen molar-refractivity contribution in [2.75, 3.05) is 11.3 Å². The largest absolute Gasteiger partial charge is 0.484 e. The van der Waals surface area contributed by atoms with Crippen molar-refractivity contribution in [2.24, 2.45) is 16.2 Å². The van der Waals surface area contributed by atoms with Gasteiger partial charge in [0.1, 0.15) is 12.2 Å². The molecule has 12 heteroatoms. The molecule has 0 atom stereocenters. The van der Waals surface area contributed by atoms with E-state index < -0.39 is 21.2 Å². The Hall–Kier alpha value is -4.29. The van der Waals surface area contributed by atoms with E-state index in [1.54, 1.807) is 56.3 Å². The number of para-hydroxylation sites is 2. The third-order valence-electron chi connectivity index (χ3n) is 8.84. The number of benzene rings is 2. The van der Waals surface area contributed by atoms with E-state index >= 15 is 0 Å². The highest BCUT2D eigenvalue weighted by atomic mass is 32.2. The second kappa shape index (κ2) is 14.5. The molecule has 53 heavy (non-hydrogen) atoms. The van der Waals surface area contributed by atoms with Crippen LogP contribution in [0.15, 0.2) is 71.9 Å². The molecule has 4 aromatic rings. The molecule has 288 valence electrons. The number of ether oxygens (including phenoxy) is 3. The van der Waals surface area contributed by atoms with E-state index in [1.165, 1.54) is 12.4 Å². The molecule has 0 fully saturated rings. The zero-order chi connectivity index (χ0) is 39.8. The molecule has 0 bridgehead atoms. The summed E-state index contributed by atoms with van der Waals surface area (Å²) in [6, 6.07) is 15.7. The first kappa shape index (κ1) is 41.5. The van der Waals surface area contributed by atoms with E-state index in [4.69, 9.17) is 14.2 Å². The van der Waals surface area contributed by atoms with Crippen LogP contribution in [0.4, 0.5) is 5.82 Å². The highest BCUT2D eigenvalue weighted by Crippen LogP contribution is 2.62. The Labute approximate surface area is 316 Å². The Bertz CT molecular complexity index is 1950. The van der Waals surface area contributed by atoms with Crippen molar-refractivity contribution in [1.29, 1.82) is 0 Å². The van der Waals surface area contributed by atoms with Crippen LogP contribution >= 0.6 is 0 Å². The minimum atomic E-state index is -4.29. The van der Waals surface area contributed by atoms with Gasteiger partial charge in [0.2, 0.25) is 11.6 Å². The summed E-state index contributed by atoms with van der Waals surface area (Å²) in [5, 5.41) is 10.6. The van der Waals surface area contributed by atoms with Crippen molar-refractivity contribution in [3.63, 3.8) is 0 Å². The lowest BCUT2D eigenvalue weighted by atomic mass is 9.42. The second-order valence-corrected chi connectivity index (χ2v) is 19.8. The third-order valence-corrected chi connectivity index (χ3v) is 10.2. The van der Waals surface area contributed by atoms with Gasteiger partial charge in [0.15, 0.2) is 23.1 Å². The number of anilines is 1. The van der Waals surface area contributed by atoms with Gasteiger partial charge < -0.3 is 19.3 Å². The van der Waals surface area contributed by atoms with Crippen molar-refractivity contribution >= 4 is 15.8 Å². The molecule has 0 unspecified atom stereocenters. The molecule has 0 aliphatic carbocycles. The third kappa shape index (κ3) is 9.27. The quantitative estimate of drug-likeness (QED) is 0.152. The molecule has 0 saturated heterocycles. The normalized spacial score (nSPS) is 13.4. The van der Waals surface area contributed by atoms with Gasteiger partial charge in [0.25, 0.3) is 15.9 Å². The molecule has 2 aromatic carbocycles. The first-order chi connectivity index (χ1) is 24.2. The molecule has 2 N–H and O–H groups in total. The maximum atomic E-state index is 14.3. The standard InChI is InChI=1S/C41H57N5O6S/c1-36(2,3)41(37(4,5)6,38(7,8)9)27-20-22-28(23-21-27)53(48,49)46-32-31(51-29-18-15-16-19-30(29)52-39(10,11)12)35(50-26-40(13,14)47)45-34(44-32)33-42-24-17-25-43-33/h15-25,47H,26H2,1-14H3,(H,44,45,46). The molecule has 0 spiro atoms. The number of nitrogens with zero attached hydrogens (tertiary/aromatic N) is 4. The first-order valence-corrected chi connectivity index (χ1v) is 19.3. The molecular formula is C41H57N5O6S. The van der Waals surface area contributed by atoms with Gasteiger partial charge >= 0.3 is 0 Å². The summed E-state index contributed by atoms with van der Waals surface area (Å²) in [6.07, 6.45) is 3.04.